The van der Waals surface area contributed by atoms with E-state index in [4.69, 9.17) is 4.74 Å². The molecule has 0 fully saturated rings. The van der Waals surface area contributed by atoms with Gasteiger partial charge < -0.3 is 10.1 Å². The Labute approximate surface area is 202 Å². The molecule has 0 saturated heterocycles. The van der Waals surface area contributed by atoms with Gasteiger partial charge in [0.15, 0.2) is 0 Å². The standard InChI is InChI=1S/C28H23N3O4/c32-28(35-18-26-23-10-3-1-8-21(23)22-9-2-4-11-24(22)26)30-15-6-5-7-19-12-13-27(31(33)34)25-17-29-16-14-20(19)25/h1-5,7-14,16-17,26H,6,15,18H2,(H,30,32). The third-order valence-electron chi connectivity index (χ3n) is 6.25. The van der Waals surface area contributed by atoms with E-state index in [1.807, 2.05) is 36.4 Å². The van der Waals surface area contributed by atoms with Gasteiger partial charge in [-0.25, -0.2) is 4.79 Å². The van der Waals surface area contributed by atoms with Crippen LogP contribution in [0.3, 0.4) is 0 Å². The average molecular weight is 466 g/mol. The van der Waals surface area contributed by atoms with Gasteiger partial charge in [-0.3, -0.25) is 15.1 Å². The Morgan fingerprint density at radius 1 is 1.00 bits per heavy atom. The number of nitro benzene ring substituents is 1. The summed E-state index contributed by atoms with van der Waals surface area (Å²) in [5, 5.41) is 15.3. The lowest BCUT2D eigenvalue weighted by atomic mass is 9.98. The third-order valence-corrected chi connectivity index (χ3v) is 6.25. The van der Waals surface area contributed by atoms with Crippen LogP contribution in [0.25, 0.3) is 28.0 Å². The lowest BCUT2D eigenvalue weighted by Crippen LogP contribution is -2.26. The van der Waals surface area contributed by atoms with Crippen molar-refractivity contribution in [1.82, 2.24) is 10.3 Å². The molecule has 1 aliphatic carbocycles. The smallest absolute Gasteiger partial charge is 0.407 e. The minimum Gasteiger partial charge on any atom is -0.449 e. The average Bonchev–Trinajstić information content (AvgIpc) is 3.20. The first-order chi connectivity index (χ1) is 17.1. The van der Waals surface area contributed by atoms with Crippen LogP contribution in [0.2, 0.25) is 0 Å². The fraction of sp³-hybridized carbons (Fsp3) is 0.143. The summed E-state index contributed by atoms with van der Waals surface area (Å²) >= 11 is 0. The highest BCUT2D eigenvalue weighted by Crippen LogP contribution is 2.44. The largest absolute Gasteiger partial charge is 0.449 e. The van der Waals surface area contributed by atoms with Gasteiger partial charge in [0.2, 0.25) is 0 Å². The molecule has 1 amide bonds. The number of nitrogens with one attached hydrogen (secondary N) is 1. The lowest BCUT2D eigenvalue weighted by molar-refractivity contribution is -0.383. The van der Waals surface area contributed by atoms with Crippen molar-refractivity contribution in [3.8, 4) is 11.1 Å². The van der Waals surface area contributed by atoms with E-state index in [2.05, 4.69) is 34.6 Å². The van der Waals surface area contributed by atoms with Crippen LogP contribution in [0.1, 0.15) is 29.0 Å². The molecule has 4 aromatic rings. The number of aromatic nitrogens is 1. The number of amides is 1. The molecule has 0 atom stereocenters. The van der Waals surface area contributed by atoms with Gasteiger partial charge in [-0.05, 0) is 51.8 Å². The molecule has 1 N–H and O–H groups in total. The molecular formula is C28H23N3O4. The van der Waals surface area contributed by atoms with Gasteiger partial charge in [0.25, 0.3) is 5.69 Å². The topological polar surface area (TPSA) is 94.4 Å². The van der Waals surface area contributed by atoms with E-state index in [0.29, 0.717) is 18.4 Å². The molecule has 0 spiro atoms. The molecule has 7 nitrogen and oxygen atoms in total. The first-order valence-corrected chi connectivity index (χ1v) is 11.4. The van der Waals surface area contributed by atoms with Crippen molar-refractivity contribution in [3.05, 3.63) is 112 Å². The van der Waals surface area contributed by atoms with E-state index in [1.165, 1.54) is 34.5 Å². The second kappa shape index (κ2) is 9.77. The Morgan fingerprint density at radius 3 is 2.43 bits per heavy atom. The number of pyridine rings is 1. The molecule has 174 valence electrons. The molecule has 0 aliphatic heterocycles. The van der Waals surface area contributed by atoms with E-state index in [-0.39, 0.29) is 18.2 Å². The predicted octanol–water partition coefficient (Wildman–Crippen LogP) is 6.09. The van der Waals surface area contributed by atoms with Gasteiger partial charge in [-0.15, -0.1) is 0 Å². The second-order valence-electron chi connectivity index (χ2n) is 8.30. The summed E-state index contributed by atoms with van der Waals surface area (Å²) < 4.78 is 5.55. The van der Waals surface area contributed by atoms with Crippen LogP contribution in [0.4, 0.5) is 10.5 Å². The molecule has 0 saturated carbocycles. The summed E-state index contributed by atoms with van der Waals surface area (Å²) in [5.41, 5.74) is 5.62. The van der Waals surface area contributed by atoms with Crippen LogP contribution >= 0.6 is 0 Å². The summed E-state index contributed by atoms with van der Waals surface area (Å²) in [7, 11) is 0. The molecule has 1 heterocycles. The highest BCUT2D eigenvalue weighted by atomic mass is 16.6. The molecule has 1 aromatic heterocycles. The van der Waals surface area contributed by atoms with Crippen molar-refractivity contribution < 1.29 is 14.5 Å². The first kappa shape index (κ1) is 22.3. The van der Waals surface area contributed by atoms with Gasteiger partial charge in [-0.1, -0.05) is 60.7 Å². The molecule has 7 heteroatoms. The minimum absolute atomic E-state index is 0.0259. The Morgan fingerprint density at radius 2 is 1.71 bits per heavy atom. The number of ether oxygens (including phenoxy) is 1. The van der Waals surface area contributed by atoms with Crippen LogP contribution in [0.15, 0.2) is 85.2 Å². The Balaban J connectivity index is 1.16. The molecule has 0 radical (unpaired) electrons. The van der Waals surface area contributed by atoms with Crippen molar-refractivity contribution in [2.45, 2.75) is 12.3 Å². The van der Waals surface area contributed by atoms with E-state index >= 15 is 0 Å². The van der Waals surface area contributed by atoms with Crippen molar-refractivity contribution in [1.29, 1.82) is 0 Å². The molecule has 1 aliphatic rings. The predicted molar refractivity (Wildman–Crippen MR) is 135 cm³/mol. The van der Waals surface area contributed by atoms with Gasteiger partial charge in [0.05, 0.1) is 10.3 Å². The zero-order valence-electron chi connectivity index (χ0n) is 18.9. The zero-order chi connectivity index (χ0) is 24.2. The summed E-state index contributed by atoms with van der Waals surface area (Å²) in [5.74, 6) is 0.0259. The third kappa shape index (κ3) is 4.48. The molecule has 0 unspecified atom stereocenters. The Hall–Kier alpha value is -4.52. The SMILES string of the molecule is O=C(NCCC=Cc1ccc([N+](=O)[O-])c2cnccc12)OCC1c2ccccc2-c2ccccc21. The van der Waals surface area contributed by atoms with E-state index in [0.717, 1.165) is 10.9 Å². The minimum atomic E-state index is -0.452. The monoisotopic (exact) mass is 465 g/mol. The number of carbonyl (C=O) groups is 1. The zero-order valence-corrected chi connectivity index (χ0v) is 18.9. The maximum atomic E-state index is 12.3. The highest BCUT2D eigenvalue weighted by Gasteiger charge is 2.28. The number of hydrogen-bond donors (Lipinski definition) is 1. The lowest BCUT2D eigenvalue weighted by Gasteiger charge is -2.14. The van der Waals surface area contributed by atoms with Crippen molar-refractivity contribution in [2.75, 3.05) is 13.2 Å². The number of benzene rings is 3. The Bertz CT molecular complexity index is 1400. The molecule has 3 aromatic carbocycles. The number of nitrogens with zero attached hydrogens (tertiary/aromatic N) is 2. The van der Waals surface area contributed by atoms with E-state index in [9.17, 15) is 14.9 Å². The molecular weight excluding hydrogens is 442 g/mol. The van der Waals surface area contributed by atoms with Gasteiger partial charge >= 0.3 is 6.09 Å². The number of nitro groups is 1. The van der Waals surface area contributed by atoms with Crippen molar-refractivity contribution in [3.63, 3.8) is 0 Å². The van der Waals surface area contributed by atoms with Crippen LogP contribution in [0.5, 0.6) is 0 Å². The van der Waals surface area contributed by atoms with E-state index < -0.39 is 11.0 Å². The fourth-order valence-electron chi connectivity index (χ4n) is 4.62. The first-order valence-electron chi connectivity index (χ1n) is 11.4. The van der Waals surface area contributed by atoms with Crippen LogP contribution in [-0.2, 0) is 4.74 Å². The van der Waals surface area contributed by atoms with Crippen molar-refractivity contribution in [2.24, 2.45) is 0 Å². The summed E-state index contributed by atoms with van der Waals surface area (Å²) in [6.45, 7) is 0.693. The number of non-ortho nitro benzene ring substituents is 1. The second-order valence-corrected chi connectivity index (χ2v) is 8.30. The molecule has 0 bridgehead atoms. The van der Waals surface area contributed by atoms with Crippen molar-refractivity contribution >= 4 is 28.6 Å². The van der Waals surface area contributed by atoms with Crippen LogP contribution in [-0.4, -0.2) is 29.2 Å². The summed E-state index contributed by atoms with van der Waals surface area (Å²) in [6, 6.07) is 21.4. The maximum Gasteiger partial charge on any atom is 0.407 e. The van der Waals surface area contributed by atoms with Gasteiger partial charge in [0, 0.05) is 30.9 Å². The van der Waals surface area contributed by atoms with Gasteiger partial charge in [-0.2, -0.15) is 0 Å². The number of hydrogen-bond acceptors (Lipinski definition) is 5. The van der Waals surface area contributed by atoms with Crippen LogP contribution < -0.4 is 5.32 Å². The number of carbonyl (C=O) groups excluding carboxylic acids is 1. The number of rotatable bonds is 7. The summed E-state index contributed by atoms with van der Waals surface area (Å²) in [6.07, 6.45) is 7.07. The Kier molecular flexibility index (Phi) is 6.22. The normalized spacial score (nSPS) is 12.5. The quantitative estimate of drug-likeness (QED) is 0.203. The molecule has 5 rings (SSSR count). The summed E-state index contributed by atoms with van der Waals surface area (Å²) in [4.78, 5) is 27.2. The number of fused-ring (bicyclic) bond motifs is 4. The van der Waals surface area contributed by atoms with E-state index in [1.54, 1.807) is 18.3 Å². The van der Waals surface area contributed by atoms with Gasteiger partial charge in [0.1, 0.15) is 6.61 Å². The van der Waals surface area contributed by atoms with Crippen LogP contribution in [0, 0.1) is 10.1 Å². The fourth-order valence-corrected chi connectivity index (χ4v) is 4.62. The molecule has 35 heavy (non-hydrogen) atoms. The number of alkyl carbamates (subject to hydrolysis) is 1. The highest BCUT2D eigenvalue weighted by molar-refractivity contribution is 5.96. The maximum absolute atomic E-state index is 12.3.